The van der Waals surface area contributed by atoms with Crippen molar-refractivity contribution in [3.63, 3.8) is 0 Å². The number of carbonyl (C=O) groups excluding carboxylic acids is 1. The SMILES string of the molecule is C=[N+](C)C(=O)NCC(CCS(=O)(=O)O)CC(C)C. The summed E-state index contributed by atoms with van der Waals surface area (Å²) in [6, 6.07) is -0.310. The van der Waals surface area contributed by atoms with E-state index in [9.17, 15) is 13.2 Å². The van der Waals surface area contributed by atoms with E-state index in [1.807, 2.05) is 13.8 Å². The summed E-state index contributed by atoms with van der Waals surface area (Å²) in [5.41, 5.74) is 0. The molecule has 1 atom stereocenters. The third kappa shape index (κ3) is 9.12. The maximum Gasteiger partial charge on any atom is 0.490 e. The van der Waals surface area contributed by atoms with Crippen LogP contribution in [-0.4, -0.2) is 49.6 Å². The van der Waals surface area contributed by atoms with Gasteiger partial charge >= 0.3 is 6.03 Å². The van der Waals surface area contributed by atoms with Crippen LogP contribution >= 0.6 is 0 Å². The number of rotatable bonds is 7. The van der Waals surface area contributed by atoms with Crippen molar-refractivity contribution in [2.45, 2.75) is 26.7 Å². The smallest absolute Gasteiger partial charge is 0.286 e. The monoisotopic (exact) mass is 279 g/mol. The summed E-state index contributed by atoms with van der Waals surface area (Å²) in [4.78, 5) is 11.3. The van der Waals surface area contributed by atoms with Gasteiger partial charge < -0.3 is 0 Å². The first-order valence-electron chi connectivity index (χ1n) is 5.89. The topological polar surface area (TPSA) is 86.5 Å². The maximum absolute atomic E-state index is 11.3. The molecule has 18 heavy (non-hydrogen) atoms. The van der Waals surface area contributed by atoms with Gasteiger partial charge in [0, 0.05) is 0 Å². The number of nitrogens with zero attached hydrogens (tertiary/aromatic N) is 1. The molecule has 0 aliphatic rings. The lowest BCUT2D eigenvalue weighted by Gasteiger charge is -2.16. The normalized spacial score (nSPS) is 13.4. The third-order valence-corrected chi connectivity index (χ3v) is 3.23. The molecule has 0 aromatic rings. The molecule has 0 spiro atoms. The molecule has 7 heteroatoms. The molecule has 0 radical (unpaired) electrons. The van der Waals surface area contributed by atoms with Gasteiger partial charge in [-0.25, -0.2) is 9.89 Å². The van der Waals surface area contributed by atoms with E-state index in [4.69, 9.17) is 4.55 Å². The minimum atomic E-state index is -3.95. The Morgan fingerprint density at radius 1 is 1.44 bits per heavy atom. The summed E-state index contributed by atoms with van der Waals surface area (Å²) in [6.45, 7) is 7.88. The molecule has 1 unspecified atom stereocenters. The molecule has 0 aliphatic carbocycles. The quantitative estimate of drug-likeness (QED) is 0.413. The van der Waals surface area contributed by atoms with Crippen LogP contribution < -0.4 is 5.32 Å². The van der Waals surface area contributed by atoms with Crippen molar-refractivity contribution in [2.24, 2.45) is 11.8 Å². The van der Waals surface area contributed by atoms with Crippen molar-refractivity contribution in [2.75, 3.05) is 19.3 Å². The van der Waals surface area contributed by atoms with E-state index in [0.29, 0.717) is 18.9 Å². The predicted molar refractivity (Wildman–Crippen MR) is 70.7 cm³/mol. The molecule has 0 aromatic carbocycles. The van der Waals surface area contributed by atoms with Gasteiger partial charge in [-0.3, -0.25) is 4.55 Å². The average molecular weight is 279 g/mol. The fourth-order valence-corrected chi connectivity index (χ4v) is 2.28. The Morgan fingerprint density at radius 3 is 2.39 bits per heavy atom. The molecular formula is C11H23N2O4S+. The van der Waals surface area contributed by atoms with Gasteiger partial charge in [-0.15, -0.1) is 0 Å². The maximum atomic E-state index is 11.3. The van der Waals surface area contributed by atoms with Crippen molar-refractivity contribution < 1.29 is 22.3 Å². The minimum absolute atomic E-state index is 0.0239. The van der Waals surface area contributed by atoms with Crippen molar-refractivity contribution >= 4 is 22.9 Å². The Hall–Kier alpha value is -0.950. The Morgan fingerprint density at radius 2 is 2.00 bits per heavy atom. The number of carbonyl (C=O) groups is 1. The zero-order valence-corrected chi connectivity index (χ0v) is 12.0. The van der Waals surface area contributed by atoms with Crippen LogP contribution in [-0.2, 0) is 10.1 Å². The fraction of sp³-hybridized carbons (Fsp3) is 0.818. The van der Waals surface area contributed by atoms with E-state index in [-0.39, 0.29) is 17.7 Å². The number of nitrogens with one attached hydrogen (secondary N) is 1. The second-order valence-electron chi connectivity index (χ2n) is 4.95. The summed E-state index contributed by atoms with van der Waals surface area (Å²) >= 11 is 0. The van der Waals surface area contributed by atoms with Crippen LogP contribution in [0.2, 0.25) is 0 Å². The van der Waals surface area contributed by atoms with Gasteiger partial charge in [0.2, 0.25) is 0 Å². The predicted octanol–water partition coefficient (Wildman–Crippen LogP) is 0.979. The van der Waals surface area contributed by atoms with Gasteiger partial charge in [-0.05, 0) is 24.7 Å². The lowest BCUT2D eigenvalue weighted by Crippen LogP contribution is -2.35. The molecule has 2 amide bonds. The van der Waals surface area contributed by atoms with Gasteiger partial charge in [-0.2, -0.15) is 13.2 Å². The Balaban J connectivity index is 4.31. The molecular weight excluding hydrogens is 256 g/mol. The summed E-state index contributed by atoms with van der Waals surface area (Å²) < 4.78 is 31.3. The van der Waals surface area contributed by atoms with E-state index in [1.165, 1.54) is 11.6 Å². The highest BCUT2D eigenvalue weighted by Crippen LogP contribution is 2.15. The van der Waals surface area contributed by atoms with Gasteiger partial charge in [0.25, 0.3) is 10.1 Å². The van der Waals surface area contributed by atoms with Crippen molar-refractivity contribution in [3.05, 3.63) is 0 Å². The average Bonchev–Trinajstić information content (AvgIpc) is 2.19. The van der Waals surface area contributed by atoms with Crippen LogP contribution in [0, 0.1) is 11.8 Å². The Bertz CT molecular complexity index is 390. The lowest BCUT2D eigenvalue weighted by atomic mass is 9.95. The standard InChI is InChI=1S/C11H22N2O4S/c1-9(2)7-10(5-6-18(15,16)17)8-12-11(14)13(3)4/h9-10H,3,5-8H2,1-2,4H3,(H-,12,14,15,16,17)/p+1. The summed E-state index contributed by atoms with van der Waals surface area (Å²) in [5.74, 6) is 0.141. The molecule has 106 valence electrons. The molecule has 0 saturated heterocycles. The molecule has 0 rings (SSSR count). The van der Waals surface area contributed by atoms with E-state index in [0.717, 1.165) is 6.42 Å². The molecule has 0 bridgehead atoms. The van der Waals surface area contributed by atoms with Crippen LogP contribution in [0.15, 0.2) is 0 Å². The van der Waals surface area contributed by atoms with E-state index >= 15 is 0 Å². The molecule has 0 heterocycles. The van der Waals surface area contributed by atoms with E-state index in [1.54, 1.807) is 0 Å². The zero-order valence-electron chi connectivity index (χ0n) is 11.2. The molecule has 2 N–H and O–H groups in total. The van der Waals surface area contributed by atoms with Gasteiger partial charge in [0.05, 0.1) is 26.1 Å². The first-order chi connectivity index (χ1) is 8.11. The number of urea groups is 1. The molecule has 0 aliphatic heterocycles. The van der Waals surface area contributed by atoms with Crippen molar-refractivity contribution in [3.8, 4) is 0 Å². The Labute approximate surface area is 109 Å². The van der Waals surface area contributed by atoms with Crippen LogP contribution in [0.25, 0.3) is 0 Å². The van der Waals surface area contributed by atoms with E-state index in [2.05, 4.69) is 12.0 Å². The van der Waals surface area contributed by atoms with Crippen molar-refractivity contribution in [1.29, 1.82) is 0 Å². The van der Waals surface area contributed by atoms with Gasteiger partial charge in [0.15, 0.2) is 0 Å². The fourth-order valence-electron chi connectivity index (χ4n) is 1.65. The largest absolute Gasteiger partial charge is 0.490 e. The van der Waals surface area contributed by atoms with Gasteiger partial charge in [-0.1, -0.05) is 13.8 Å². The summed E-state index contributed by atoms with van der Waals surface area (Å²) in [6.07, 6.45) is 1.12. The van der Waals surface area contributed by atoms with Crippen LogP contribution in [0.3, 0.4) is 0 Å². The summed E-state index contributed by atoms with van der Waals surface area (Å²) in [7, 11) is -2.41. The molecule has 0 aromatic heterocycles. The number of hydrogen-bond donors (Lipinski definition) is 2. The molecule has 6 nitrogen and oxygen atoms in total. The minimum Gasteiger partial charge on any atom is -0.286 e. The second-order valence-corrected chi connectivity index (χ2v) is 6.53. The lowest BCUT2D eigenvalue weighted by molar-refractivity contribution is -0.384. The highest BCUT2D eigenvalue weighted by atomic mass is 32.2. The second kappa shape index (κ2) is 7.48. The van der Waals surface area contributed by atoms with Crippen LogP contribution in [0.1, 0.15) is 26.7 Å². The molecule has 0 saturated carbocycles. The first kappa shape index (κ1) is 17.1. The van der Waals surface area contributed by atoms with E-state index < -0.39 is 10.1 Å². The first-order valence-corrected chi connectivity index (χ1v) is 7.50. The number of amides is 2. The molecule has 0 fully saturated rings. The third-order valence-electron chi connectivity index (χ3n) is 2.48. The highest BCUT2D eigenvalue weighted by Gasteiger charge is 2.19. The van der Waals surface area contributed by atoms with Crippen LogP contribution in [0.4, 0.5) is 4.79 Å². The van der Waals surface area contributed by atoms with Crippen molar-refractivity contribution in [1.82, 2.24) is 5.32 Å². The summed E-state index contributed by atoms with van der Waals surface area (Å²) in [5, 5.41) is 2.67. The Kier molecular flexibility index (Phi) is 7.08. The highest BCUT2D eigenvalue weighted by molar-refractivity contribution is 7.85. The number of hydrogen-bond acceptors (Lipinski definition) is 3. The van der Waals surface area contributed by atoms with Gasteiger partial charge in [0.1, 0.15) is 0 Å². The van der Waals surface area contributed by atoms with Crippen LogP contribution in [0.5, 0.6) is 0 Å². The zero-order chi connectivity index (χ0) is 14.3.